The lowest BCUT2D eigenvalue weighted by atomic mass is 10.1. The highest BCUT2D eigenvalue weighted by molar-refractivity contribution is 5.71. The number of allylic oxidation sites excluding steroid dienone is 24. The topological polar surface area (TPSA) is 78.9 Å². The van der Waals surface area contributed by atoms with Crippen LogP contribution in [0.3, 0.4) is 0 Å². The average molecular weight is 1110 g/mol. The van der Waals surface area contributed by atoms with Crippen molar-refractivity contribution in [3.8, 4) is 0 Å². The number of carbonyl (C=O) groups is 3. The standard InChI is InChI=1S/C74H120O6/c1-4-7-10-13-16-19-22-25-28-30-32-34-36-37-39-40-42-44-46-49-52-55-58-61-64-67-73(76)79-70-71(69-78-72(75)66-63-60-57-54-51-48-27-24-21-18-15-12-9-6-3)80-74(77)68-65-62-59-56-53-50-47-45-43-41-38-35-33-31-29-26-23-20-17-14-11-8-5-2/h7,10,15-16,18-19,23-28,31-34,37-39,41-42,44,49,52,71H,4-6,8-9,11-14,17,20-22,29-30,35-36,40,43,45-48,50-51,53-70H2,1-3H3/b10-7-,18-15-,19-16-,26-23-,27-24-,28-25-,33-31-,34-32-,39-37-,41-38-,44-42-,52-49-. The number of ether oxygens (including phenoxy) is 3. The first-order valence-electron chi connectivity index (χ1n) is 32.8. The number of carbonyl (C=O) groups excluding carboxylic acids is 3. The summed E-state index contributed by atoms with van der Waals surface area (Å²) < 4.78 is 16.9. The van der Waals surface area contributed by atoms with Crippen molar-refractivity contribution < 1.29 is 28.6 Å². The van der Waals surface area contributed by atoms with Crippen LogP contribution in [0.15, 0.2) is 146 Å². The lowest BCUT2D eigenvalue weighted by molar-refractivity contribution is -0.167. The van der Waals surface area contributed by atoms with E-state index < -0.39 is 6.10 Å². The Hall–Kier alpha value is -4.71. The van der Waals surface area contributed by atoms with Crippen LogP contribution in [-0.2, 0) is 28.6 Å². The Morgan fingerprint density at radius 3 is 0.812 bits per heavy atom. The van der Waals surface area contributed by atoms with Crippen LogP contribution in [0.1, 0.15) is 284 Å². The molecule has 0 fully saturated rings. The van der Waals surface area contributed by atoms with Gasteiger partial charge in [0.2, 0.25) is 0 Å². The molecule has 0 rings (SSSR count). The zero-order valence-corrected chi connectivity index (χ0v) is 51.8. The Kier molecular flexibility index (Phi) is 62.9. The molecule has 0 saturated carbocycles. The summed E-state index contributed by atoms with van der Waals surface area (Å²) in [6.07, 6.45) is 95.6. The summed E-state index contributed by atoms with van der Waals surface area (Å²) in [5.41, 5.74) is 0. The fourth-order valence-electron chi connectivity index (χ4n) is 8.62. The molecule has 6 nitrogen and oxygen atoms in total. The van der Waals surface area contributed by atoms with Gasteiger partial charge < -0.3 is 14.2 Å². The van der Waals surface area contributed by atoms with Crippen LogP contribution < -0.4 is 0 Å². The summed E-state index contributed by atoms with van der Waals surface area (Å²) in [5, 5.41) is 0. The molecule has 1 atom stereocenters. The molecule has 0 N–H and O–H groups in total. The van der Waals surface area contributed by atoms with Crippen LogP contribution in [0, 0.1) is 0 Å². The van der Waals surface area contributed by atoms with Crippen LogP contribution in [-0.4, -0.2) is 37.2 Å². The van der Waals surface area contributed by atoms with E-state index in [2.05, 4.69) is 167 Å². The molecule has 0 aromatic rings. The maximum Gasteiger partial charge on any atom is 0.306 e. The molecule has 0 radical (unpaired) electrons. The fourth-order valence-corrected chi connectivity index (χ4v) is 8.62. The van der Waals surface area contributed by atoms with E-state index in [1.807, 2.05) is 0 Å². The van der Waals surface area contributed by atoms with Crippen molar-refractivity contribution in [3.63, 3.8) is 0 Å². The van der Waals surface area contributed by atoms with Gasteiger partial charge in [0.15, 0.2) is 6.10 Å². The molecule has 0 amide bonds. The largest absolute Gasteiger partial charge is 0.462 e. The third-order valence-corrected chi connectivity index (χ3v) is 13.5. The highest BCUT2D eigenvalue weighted by Crippen LogP contribution is 2.14. The van der Waals surface area contributed by atoms with Crippen molar-refractivity contribution in [1.29, 1.82) is 0 Å². The van der Waals surface area contributed by atoms with Crippen LogP contribution in [0.25, 0.3) is 0 Å². The molecule has 0 heterocycles. The van der Waals surface area contributed by atoms with E-state index in [4.69, 9.17) is 14.2 Å². The lowest BCUT2D eigenvalue weighted by Gasteiger charge is -2.18. The molecular formula is C74H120O6. The van der Waals surface area contributed by atoms with Crippen molar-refractivity contribution >= 4 is 17.9 Å². The van der Waals surface area contributed by atoms with Crippen molar-refractivity contribution in [2.24, 2.45) is 0 Å². The molecule has 0 saturated heterocycles. The maximum atomic E-state index is 12.9. The summed E-state index contributed by atoms with van der Waals surface area (Å²) in [6.45, 7) is 6.43. The van der Waals surface area contributed by atoms with E-state index in [1.165, 1.54) is 89.9 Å². The molecule has 0 aromatic heterocycles. The van der Waals surface area contributed by atoms with Gasteiger partial charge in [-0.25, -0.2) is 0 Å². The van der Waals surface area contributed by atoms with E-state index in [-0.39, 0.29) is 31.1 Å². The third-order valence-electron chi connectivity index (χ3n) is 13.5. The smallest absolute Gasteiger partial charge is 0.306 e. The Morgan fingerprint density at radius 2 is 0.500 bits per heavy atom. The quantitative estimate of drug-likeness (QED) is 0.0261. The molecule has 0 aliphatic rings. The van der Waals surface area contributed by atoms with E-state index in [0.717, 1.165) is 154 Å². The number of rotatable bonds is 58. The number of unbranched alkanes of at least 4 members (excludes halogenated alkanes) is 23. The van der Waals surface area contributed by atoms with Gasteiger partial charge in [-0.1, -0.05) is 269 Å². The van der Waals surface area contributed by atoms with Crippen LogP contribution in [0.2, 0.25) is 0 Å². The number of esters is 3. The Bertz CT molecular complexity index is 1750. The maximum absolute atomic E-state index is 12.9. The van der Waals surface area contributed by atoms with Gasteiger partial charge in [0, 0.05) is 19.3 Å². The van der Waals surface area contributed by atoms with Gasteiger partial charge in [-0.05, 0) is 141 Å². The molecule has 0 spiro atoms. The van der Waals surface area contributed by atoms with Crippen LogP contribution in [0.5, 0.6) is 0 Å². The molecule has 452 valence electrons. The summed E-state index contributed by atoms with van der Waals surface area (Å²) in [7, 11) is 0. The molecular weight excluding hydrogens is 985 g/mol. The zero-order valence-electron chi connectivity index (χ0n) is 51.8. The van der Waals surface area contributed by atoms with E-state index in [0.29, 0.717) is 19.3 Å². The first kappa shape index (κ1) is 75.3. The highest BCUT2D eigenvalue weighted by Gasteiger charge is 2.19. The van der Waals surface area contributed by atoms with Crippen LogP contribution in [0.4, 0.5) is 0 Å². The van der Waals surface area contributed by atoms with Crippen molar-refractivity contribution in [3.05, 3.63) is 146 Å². The number of hydrogen-bond donors (Lipinski definition) is 0. The summed E-state index contributed by atoms with van der Waals surface area (Å²) in [4.78, 5) is 38.4. The van der Waals surface area contributed by atoms with Gasteiger partial charge in [-0.2, -0.15) is 0 Å². The Balaban J connectivity index is 4.47. The Morgan fingerprint density at radius 1 is 0.263 bits per heavy atom. The normalized spacial score (nSPS) is 13.1. The minimum absolute atomic E-state index is 0.104. The van der Waals surface area contributed by atoms with Gasteiger partial charge >= 0.3 is 17.9 Å². The minimum Gasteiger partial charge on any atom is -0.462 e. The zero-order chi connectivity index (χ0) is 57.8. The number of hydrogen-bond acceptors (Lipinski definition) is 6. The highest BCUT2D eigenvalue weighted by atomic mass is 16.6. The molecule has 0 aliphatic carbocycles. The predicted octanol–water partition coefficient (Wildman–Crippen LogP) is 22.7. The second kappa shape index (κ2) is 66.8. The van der Waals surface area contributed by atoms with E-state index in [9.17, 15) is 14.4 Å². The summed E-state index contributed by atoms with van der Waals surface area (Å²) in [5.74, 6) is -0.958. The minimum atomic E-state index is -0.810. The van der Waals surface area contributed by atoms with E-state index in [1.54, 1.807) is 0 Å². The third kappa shape index (κ3) is 64.1. The first-order chi connectivity index (χ1) is 39.5. The van der Waals surface area contributed by atoms with Gasteiger partial charge in [0.25, 0.3) is 0 Å². The van der Waals surface area contributed by atoms with Gasteiger partial charge in [-0.15, -0.1) is 0 Å². The summed E-state index contributed by atoms with van der Waals surface area (Å²) in [6, 6.07) is 0. The SMILES string of the molecule is CC/C=C\C/C=C\C/C=C\C/C=C\C/C=C\C/C=C\C/C=C\CCCCCC(=O)OCC(COC(=O)CCCCCCC/C=C\C/C=C\CCCC)OC(=O)CCCCCCCCCC/C=C\C/C=C\C/C=C\CCCCCCC. The van der Waals surface area contributed by atoms with Gasteiger partial charge in [-0.3, -0.25) is 14.4 Å². The van der Waals surface area contributed by atoms with Crippen LogP contribution >= 0.6 is 0 Å². The van der Waals surface area contributed by atoms with Gasteiger partial charge in [0.1, 0.15) is 13.2 Å². The second-order valence-corrected chi connectivity index (χ2v) is 21.3. The molecule has 80 heavy (non-hydrogen) atoms. The molecule has 0 bridgehead atoms. The lowest BCUT2D eigenvalue weighted by Crippen LogP contribution is -2.30. The van der Waals surface area contributed by atoms with Crippen molar-refractivity contribution in [2.45, 2.75) is 290 Å². The average Bonchev–Trinajstić information content (AvgIpc) is 3.46. The van der Waals surface area contributed by atoms with Crippen molar-refractivity contribution in [2.75, 3.05) is 13.2 Å². The first-order valence-corrected chi connectivity index (χ1v) is 32.8. The fraction of sp³-hybridized carbons (Fsp3) is 0.635. The second-order valence-electron chi connectivity index (χ2n) is 21.3. The Labute approximate surface area is 493 Å². The molecule has 1 unspecified atom stereocenters. The van der Waals surface area contributed by atoms with E-state index >= 15 is 0 Å². The molecule has 6 heteroatoms. The van der Waals surface area contributed by atoms with Gasteiger partial charge in [0.05, 0.1) is 0 Å². The monoisotopic (exact) mass is 1100 g/mol. The molecule has 0 aliphatic heterocycles. The summed E-state index contributed by atoms with van der Waals surface area (Å²) >= 11 is 0. The van der Waals surface area contributed by atoms with Crippen molar-refractivity contribution in [1.82, 2.24) is 0 Å². The molecule has 0 aromatic carbocycles. The predicted molar refractivity (Wildman–Crippen MR) is 348 cm³/mol.